The van der Waals surface area contributed by atoms with Crippen molar-refractivity contribution in [3.8, 4) is 5.75 Å². The normalized spacial score (nSPS) is 12.0. The van der Waals surface area contributed by atoms with E-state index < -0.39 is 6.04 Å². The number of rotatable bonds is 7. The van der Waals surface area contributed by atoms with E-state index in [1.165, 1.54) is 0 Å². The molecule has 1 atom stereocenters. The minimum absolute atomic E-state index is 0.269. The summed E-state index contributed by atoms with van der Waals surface area (Å²) < 4.78 is 10.8. The predicted octanol–water partition coefficient (Wildman–Crippen LogP) is 2.22. The first-order chi connectivity index (χ1) is 9.08. The molecule has 1 unspecified atom stereocenters. The lowest BCUT2D eigenvalue weighted by atomic mass is 10.1. The molecule has 1 aromatic rings. The fraction of sp³-hybridized carbons (Fsp3) is 0.533. The van der Waals surface area contributed by atoms with Crippen LogP contribution in [0.2, 0.25) is 0 Å². The van der Waals surface area contributed by atoms with E-state index in [0.717, 1.165) is 16.9 Å². The molecular weight excluding hydrogens is 242 g/mol. The maximum absolute atomic E-state index is 11.7. The first kappa shape index (κ1) is 15.5. The van der Waals surface area contributed by atoms with Crippen LogP contribution in [-0.4, -0.2) is 31.8 Å². The van der Waals surface area contributed by atoms with Gasteiger partial charge in [0.05, 0.1) is 6.61 Å². The summed E-state index contributed by atoms with van der Waals surface area (Å²) in [4.78, 5) is 11.7. The van der Waals surface area contributed by atoms with Crippen LogP contribution >= 0.6 is 0 Å². The first-order valence-corrected chi connectivity index (χ1v) is 6.68. The van der Waals surface area contributed by atoms with Crippen LogP contribution < -0.4 is 10.1 Å². The molecule has 0 radical (unpaired) electrons. The molecule has 19 heavy (non-hydrogen) atoms. The van der Waals surface area contributed by atoms with E-state index in [1.807, 2.05) is 39.0 Å². The molecule has 0 aliphatic rings. The van der Waals surface area contributed by atoms with Crippen molar-refractivity contribution >= 4 is 5.97 Å². The summed E-state index contributed by atoms with van der Waals surface area (Å²) in [6, 6.07) is 5.60. The van der Waals surface area contributed by atoms with Gasteiger partial charge in [0.15, 0.2) is 0 Å². The second-order valence-electron chi connectivity index (χ2n) is 4.44. The van der Waals surface area contributed by atoms with Gasteiger partial charge in [0.2, 0.25) is 0 Å². The molecule has 0 heterocycles. The van der Waals surface area contributed by atoms with Crippen LogP contribution in [0, 0.1) is 13.8 Å². The number of carbonyl (C=O) groups is 1. The lowest BCUT2D eigenvalue weighted by Crippen LogP contribution is -2.42. The van der Waals surface area contributed by atoms with Crippen molar-refractivity contribution in [3.05, 3.63) is 29.3 Å². The summed E-state index contributed by atoms with van der Waals surface area (Å²) in [6.07, 6.45) is 0. The van der Waals surface area contributed by atoms with Gasteiger partial charge in [-0.1, -0.05) is 19.1 Å². The van der Waals surface area contributed by atoms with Gasteiger partial charge < -0.3 is 14.8 Å². The van der Waals surface area contributed by atoms with Crippen molar-refractivity contribution in [2.75, 3.05) is 19.8 Å². The van der Waals surface area contributed by atoms with Crippen molar-refractivity contribution in [3.63, 3.8) is 0 Å². The molecule has 1 aromatic carbocycles. The van der Waals surface area contributed by atoms with Crippen molar-refractivity contribution in [2.45, 2.75) is 33.7 Å². The number of hydrogen-bond acceptors (Lipinski definition) is 4. The Labute approximate surface area is 115 Å². The van der Waals surface area contributed by atoms with Gasteiger partial charge in [0, 0.05) is 0 Å². The number of hydrogen-bond donors (Lipinski definition) is 1. The number of esters is 1. The largest absolute Gasteiger partial charge is 0.491 e. The van der Waals surface area contributed by atoms with Crippen LogP contribution in [0.25, 0.3) is 0 Å². The summed E-state index contributed by atoms with van der Waals surface area (Å²) in [5.74, 6) is 0.543. The minimum atomic E-state index is -0.426. The van der Waals surface area contributed by atoms with E-state index in [9.17, 15) is 4.79 Å². The Bertz CT molecular complexity index is 418. The van der Waals surface area contributed by atoms with Gasteiger partial charge in [0.1, 0.15) is 18.4 Å². The van der Waals surface area contributed by atoms with E-state index in [2.05, 4.69) is 5.32 Å². The quantitative estimate of drug-likeness (QED) is 0.768. The van der Waals surface area contributed by atoms with Crippen LogP contribution in [0.4, 0.5) is 0 Å². The second kappa shape index (κ2) is 7.79. The number of aryl methyl sites for hydroxylation is 2. The van der Waals surface area contributed by atoms with E-state index in [0.29, 0.717) is 13.2 Å². The summed E-state index contributed by atoms with van der Waals surface area (Å²) in [5, 5.41) is 3.07. The van der Waals surface area contributed by atoms with Gasteiger partial charge in [-0.25, -0.2) is 0 Å². The Morgan fingerprint density at radius 3 is 2.68 bits per heavy atom. The topological polar surface area (TPSA) is 47.6 Å². The second-order valence-corrected chi connectivity index (χ2v) is 4.44. The van der Waals surface area contributed by atoms with Gasteiger partial charge >= 0.3 is 5.97 Å². The molecule has 0 amide bonds. The molecule has 0 aliphatic heterocycles. The van der Waals surface area contributed by atoms with Crippen LogP contribution in [-0.2, 0) is 9.53 Å². The molecule has 4 heteroatoms. The highest BCUT2D eigenvalue weighted by atomic mass is 16.5. The fourth-order valence-corrected chi connectivity index (χ4v) is 1.74. The highest BCUT2D eigenvalue weighted by molar-refractivity contribution is 5.76. The summed E-state index contributed by atoms with van der Waals surface area (Å²) in [7, 11) is 0. The molecular formula is C15H23NO3. The van der Waals surface area contributed by atoms with Crippen LogP contribution in [0.1, 0.15) is 25.0 Å². The Kier molecular flexibility index (Phi) is 6.36. The average Bonchev–Trinajstić information content (AvgIpc) is 2.38. The third kappa shape index (κ3) is 4.91. The number of carbonyl (C=O) groups excluding carboxylic acids is 1. The van der Waals surface area contributed by atoms with Crippen LogP contribution in [0.15, 0.2) is 18.2 Å². The Morgan fingerprint density at radius 2 is 2.05 bits per heavy atom. The smallest absolute Gasteiger partial charge is 0.326 e. The third-order valence-electron chi connectivity index (χ3n) is 2.77. The third-order valence-corrected chi connectivity index (χ3v) is 2.77. The Morgan fingerprint density at radius 1 is 1.32 bits per heavy atom. The summed E-state index contributed by atoms with van der Waals surface area (Å²) in [6.45, 7) is 9.10. The summed E-state index contributed by atoms with van der Waals surface area (Å²) >= 11 is 0. The molecule has 0 saturated carbocycles. The van der Waals surface area contributed by atoms with Crippen molar-refractivity contribution in [2.24, 2.45) is 0 Å². The lowest BCUT2D eigenvalue weighted by molar-refractivity contribution is -0.146. The monoisotopic (exact) mass is 265 g/mol. The molecule has 0 bridgehead atoms. The zero-order valence-electron chi connectivity index (χ0n) is 12.2. The highest BCUT2D eigenvalue weighted by Gasteiger charge is 2.19. The predicted molar refractivity (Wildman–Crippen MR) is 75.5 cm³/mol. The van der Waals surface area contributed by atoms with Gasteiger partial charge in [0.25, 0.3) is 0 Å². The van der Waals surface area contributed by atoms with E-state index in [4.69, 9.17) is 9.47 Å². The zero-order chi connectivity index (χ0) is 14.3. The molecule has 0 fully saturated rings. The number of ether oxygens (including phenoxy) is 2. The lowest BCUT2D eigenvalue weighted by Gasteiger charge is -2.18. The zero-order valence-corrected chi connectivity index (χ0v) is 12.2. The Balaban J connectivity index is 2.65. The maximum Gasteiger partial charge on any atom is 0.326 e. The molecule has 4 nitrogen and oxygen atoms in total. The molecule has 0 spiro atoms. The fourth-order valence-electron chi connectivity index (χ4n) is 1.74. The van der Waals surface area contributed by atoms with Crippen molar-refractivity contribution in [1.29, 1.82) is 0 Å². The Hall–Kier alpha value is -1.55. The average molecular weight is 265 g/mol. The van der Waals surface area contributed by atoms with E-state index >= 15 is 0 Å². The molecule has 1 N–H and O–H groups in total. The standard InChI is InChI=1S/C15H23NO3/c1-5-16-13(15(17)18-6-2)10-19-14-9-11(3)7-8-12(14)4/h7-9,13,16H,5-6,10H2,1-4H3. The van der Waals surface area contributed by atoms with Gasteiger partial charge in [-0.05, 0) is 44.5 Å². The van der Waals surface area contributed by atoms with Crippen LogP contribution in [0.3, 0.4) is 0 Å². The minimum Gasteiger partial charge on any atom is -0.491 e. The molecule has 0 aromatic heterocycles. The van der Waals surface area contributed by atoms with Crippen LogP contribution in [0.5, 0.6) is 5.75 Å². The molecule has 0 saturated heterocycles. The van der Waals surface area contributed by atoms with Gasteiger partial charge in [-0.15, -0.1) is 0 Å². The molecule has 106 valence electrons. The highest BCUT2D eigenvalue weighted by Crippen LogP contribution is 2.19. The van der Waals surface area contributed by atoms with Gasteiger partial charge in [-0.3, -0.25) is 4.79 Å². The molecule has 1 rings (SSSR count). The first-order valence-electron chi connectivity index (χ1n) is 6.68. The summed E-state index contributed by atoms with van der Waals surface area (Å²) in [5.41, 5.74) is 2.20. The number of likely N-dealkylation sites (N-methyl/N-ethyl adjacent to an activating group) is 1. The number of benzene rings is 1. The van der Waals surface area contributed by atoms with Gasteiger partial charge in [-0.2, -0.15) is 0 Å². The van der Waals surface area contributed by atoms with Crippen molar-refractivity contribution < 1.29 is 14.3 Å². The van der Waals surface area contributed by atoms with E-state index in [-0.39, 0.29) is 12.6 Å². The van der Waals surface area contributed by atoms with E-state index in [1.54, 1.807) is 6.92 Å². The number of nitrogens with one attached hydrogen (secondary N) is 1. The molecule has 0 aliphatic carbocycles. The SMILES string of the molecule is CCNC(COc1cc(C)ccc1C)C(=O)OCC. The maximum atomic E-state index is 11.7. The van der Waals surface area contributed by atoms with Crippen molar-refractivity contribution in [1.82, 2.24) is 5.32 Å².